The standard InChI is InChI=1S/C33H36O10/c1-16(2)7-10-33-29(38)18(12-24(36)30(33)43-33)8-9-32(4)15-21-17(3)11-22(34)26(28(21)42-32)27(37)25-20(31(39)41-6)13-19(40-5)14-23(25)35/h7,9,11,13-14,24,29-30,34-36,38H,10,12,15H2,1-6H3. The first-order valence-corrected chi connectivity index (χ1v) is 14.0. The SMILES string of the molecule is COC(=O)c1cc(OC)cc(O)c1C(=O)c1c(O)cc(C)c2c1OC(C)(C=C=C1CC(O)C3OC3(CC=C(C)C)C1O)C2. The molecule has 2 aromatic rings. The van der Waals surface area contributed by atoms with E-state index < -0.39 is 47.0 Å². The Bertz CT molecular complexity index is 1610. The summed E-state index contributed by atoms with van der Waals surface area (Å²) >= 11 is 0. The summed E-state index contributed by atoms with van der Waals surface area (Å²) in [7, 11) is 2.49. The van der Waals surface area contributed by atoms with E-state index >= 15 is 0 Å². The van der Waals surface area contributed by atoms with E-state index in [1.807, 2.05) is 19.9 Å². The lowest BCUT2D eigenvalue weighted by Crippen LogP contribution is -2.42. The molecular weight excluding hydrogens is 556 g/mol. The Labute approximate surface area is 249 Å². The number of phenolic OH excluding ortho intramolecular Hbond substituents is 2. The third kappa shape index (κ3) is 5.21. The molecule has 2 aromatic carbocycles. The highest BCUT2D eigenvalue weighted by Gasteiger charge is 2.67. The highest BCUT2D eigenvalue weighted by atomic mass is 16.6. The Balaban J connectivity index is 1.53. The normalized spacial score (nSPS) is 26.8. The fourth-order valence-electron chi connectivity index (χ4n) is 6.00. The second kappa shape index (κ2) is 10.9. The van der Waals surface area contributed by atoms with Crippen molar-refractivity contribution in [3.8, 4) is 23.0 Å². The van der Waals surface area contributed by atoms with Gasteiger partial charge in [-0.15, -0.1) is 5.73 Å². The molecule has 4 N–H and O–H groups in total. The Morgan fingerprint density at radius 2 is 1.81 bits per heavy atom. The number of methoxy groups -OCH3 is 2. The zero-order valence-corrected chi connectivity index (χ0v) is 25.0. The van der Waals surface area contributed by atoms with Crippen LogP contribution in [0.5, 0.6) is 23.0 Å². The smallest absolute Gasteiger partial charge is 0.338 e. The molecule has 5 atom stereocenters. The highest BCUT2D eigenvalue weighted by molar-refractivity contribution is 6.19. The molecule has 1 saturated heterocycles. The minimum atomic E-state index is -1.05. The number of ketones is 1. The molecule has 1 aliphatic carbocycles. The van der Waals surface area contributed by atoms with Crippen LogP contribution in [0.3, 0.4) is 0 Å². The largest absolute Gasteiger partial charge is 0.507 e. The van der Waals surface area contributed by atoms with Crippen molar-refractivity contribution in [2.24, 2.45) is 0 Å². The summed E-state index contributed by atoms with van der Waals surface area (Å²) in [5.74, 6) is -2.40. The van der Waals surface area contributed by atoms with Crippen LogP contribution >= 0.6 is 0 Å². The number of aliphatic hydroxyl groups excluding tert-OH is 2. The van der Waals surface area contributed by atoms with Crippen molar-refractivity contribution in [3.05, 3.63) is 75.0 Å². The van der Waals surface area contributed by atoms with Crippen LogP contribution in [0.25, 0.3) is 0 Å². The number of aryl methyl sites for hydroxylation is 1. The number of hydrogen-bond donors (Lipinski definition) is 4. The van der Waals surface area contributed by atoms with Crippen LogP contribution in [0.4, 0.5) is 0 Å². The fourth-order valence-corrected chi connectivity index (χ4v) is 6.00. The molecule has 43 heavy (non-hydrogen) atoms. The molecular formula is C33H36O10. The number of aromatic hydroxyl groups is 2. The number of rotatable bonds is 7. The van der Waals surface area contributed by atoms with Gasteiger partial charge in [0.05, 0.1) is 31.5 Å². The zero-order chi connectivity index (χ0) is 31.4. The number of carbonyl (C=O) groups excluding carboxylic acids is 2. The van der Waals surface area contributed by atoms with Gasteiger partial charge in [0.25, 0.3) is 0 Å². The number of fused-ring (bicyclic) bond motifs is 2. The van der Waals surface area contributed by atoms with Gasteiger partial charge < -0.3 is 39.4 Å². The van der Waals surface area contributed by atoms with E-state index in [1.165, 1.54) is 25.3 Å². The topological polar surface area (TPSA) is 155 Å². The van der Waals surface area contributed by atoms with Gasteiger partial charge in [0, 0.05) is 42.5 Å². The van der Waals surface area contributed by atoms with Crippen LogP contribution in [0.2, 0.25) is 0 Å². The van der Waals surface area contributed by atoms with E-state index in [0.717, 1.165) is 12.7 Å². The summed E-state index contributed by atoms with van der Waals surface area (Å²) in [6, 6.07) is 3.89. The van der Waals surface area contributed by atoms with E-state index in [-0.39, 0.29) is 40.4 Å². The first-order valence-electron chi connectivity index (χ1n) is 14.0. The highest BCUT2D eigenvalue weighted by Crippen LogP contribution is 2.52. The maximum Gasteiger partial charge on any atom is 0.338 e. The van der Waals surface area contributed by atoms with Crippen LogP contribution < -0.4 is 9.47 Å². The van der Waals surface area contributed by atoms with E-state index in [0.29, 0.717) is 29.5 Å². The number of ether oxygens (including phenoxy) is 4. The Morgan fingerprint density at radius 3 is 2.47 bits per heavy atom. The first-order chi connectivity index (χ1) is 20.2. The van der Waals surface area contributed by atoms with Crippen molar-refractivity contribution in [1.82, 2.24) is 0 Å². The monoisotopic (exact) mass is 592 g/mol. The number of hydrogen-bond acceptors (Lipinski definition) is 10. The fraction of sp³-hybridized carbons (Fsp3) is 0.424. The number of aliphatic hydroxyl groups is 2. The maximum atomic E-state index is 13.9. The van der Waals surface area contributed by atoms with Crippen LogP contribution in [0, 0.1) is 6.92 Å². The van der Waals surface area contributed by atoms with Crippen LogP contribution in [0.15, 0.2) is 47.2 Å². The molecule has 2 aliphatic heterocycles. The average Bonchev–Trinajstić information content (AvgIpc) is 3.61. The van der Waals surface area contributed by atoms with Gasteiger partial charge in [0.1, 0.15) is 52.0 Å². The molecule has 2 heterocycles. The molecule has 3 aliphatic rings. The van der Waals surface area contributed by atoms with Gasteiger partial charge in [-0.2, -0.15) is 0 Å². The number of benzene rings is 2. The number of esters is 1. The van der Waals surface area contributed by atoms with Crippen LogP contribution in [-0.2, 0) is 15.9 Å². The summed E-state index contributed by atoms with van der Waals surface area (Å²) in [4.78, 5) is 26.5. The van der Waals surface area contributed by atoms with Gasteiger partial charge in [-0.3, -0.25) is 4.79 Å². The van der Waals surface area contributed by atoms with Gasteiger partial charge in [-0.25, -0.2) is 4.79 Å². The predicted octanol–water partition coefficient (Wildman–Crippen LogP) is 3.83. The van der Waals surface area contributed by atoms with Crippen molar-refractivity contribution >= 4 is 11.8 Å². The van der Waals surface area contributed by atoms with E-state index in [1.54, 1.807) is 19.9 Å². The lowest BCUT2D eigenvalue weighted by atomic mass is 9.79. The summed E-state index contributed by atoms with van der Waals surface area (Å²) in [5, 5.41) is 43.6. The van der Waals surface area contributed by atoms with Crippen molar-refractivity contribution < 1.29 is 49.0 Å². The minimum Gasteiger partial charge on any atom is -0.507 e. The van der Waals surface area contributed by atoms with Crippen molar-refractivity contribution in [2.75, 3.05) is 14.2 Å². The quantitative estimate of drug-likeness (QED) is 0.123. The Kier molecular flexibility index (Phi) is 7.69. The molecule has 0 aromatic heterocycles. The first kappa shape index (κ1) is 30.4. The van der Waals surface area contributed by atoms with Crippen molar-refractivity contribution in [2.45, 2.75) is 76.5 Å². The molecule has 2 fully saturated rings. The summed E-state index contributed by atoms with van der Waals surface area (Å²) in [5.41, 5.74) is 3.24. The number of epoxide rings is 1. The molecule has 5 rings (SSSR count). The molecule has 0 bridgehead atoms. The molecule has 10 heteroatoms. The number of phenols is 2. The minimum absolute atomic E-state index is 0.105. The van der Waals surface area contributed by atoms with E-state index in [2.05, 4.69) is 5.73 Å². The average molecular weight is 593 g/mol. The lowest BCUT2D eigenvalue weighted by molar-refractivity contribution is 0.0596. The molecule has 0 radical (unpaired) electrons. The lowest BCUT2D eigenvalue weighted by Gasteiger charge is -2.28. The van der Waals surface area contributed by atoms with Gasteiger partial charge in [-0.05, 0) is 45.4 Å². The number of allylic oxidation sites excluding steroid dienone is 1. The molecule has 0 amide bonds. The summed E-state index contributed by atoms with van der Waals surface area (Å²) in [6.45, 7) is 7.46. The van der Waals surface area contributed by atoms with Gasteiger partial charge in [0.15, 0.2) is 0 Å². The van der Waals surface area contributed by atoms with Gasteiger partial charge in [-0.1, -0.05) is 11.6 Å². The molecule has 10 nitrogen and oxygen atoms in total. The molecule has 1 saturated carbocycles. The van der Waals surface area contributed by atoms with Gasteiger partial charge >= 0.3 is 5.97 Å². The van der Waals surface area contributed by atoms with Crippen molar-refractivity contribution in [1.29, 1.82) is 0 Å². The van der Waals surface area contributed by atoms with Crippen molar-refractivity contribution in [3.63, 3.8) is 0 Å². The molecule has 0 spiro atoms. The van der Waals surface area contributed by atoms with Crippen LogP contribution in [0.1, 0.15) is 71.0 Å². The van der Waals surface area contributed by atoms with E-state index in [9.17, 15) is 30.0 Å². The second-order valence-corrected chi connectivity index (χ2v) is 11.8. The van der Waals surface area contributed by atoms with Crippen LogP contribution in [-0.4, -0.2) is 75.9 Å². The van der Waals surface area contributed by atoms with E-state index in [4.69, 9.17) is 18.9 Å². The summed E-state index contributed by atoms with van der Waals surface area (Å²) < 4.78 is 22.1. The number of carbonyl (C=O) groups is 2. The van der Waals surface area contributed by atoms with Gasteiger partial charge in [0.2, 0.25) is 5.78 Å². The third-order valence-electron chi connectivity index (χ3n) is 8.37. The third-order valence-corrected chi connectivity index (χ3v) is 8.37. The summed E-state index contributed by atoms with van der Waals surface area (Å²) in [6.07, 6.45) is 2.34. The maximum absolute atomic E-state index is 13.9. The Morgan fingerprint density at radius 1 is 1.12 bits per heavy atom. The Hall–Kier alpha value is -4.08. The molecule has 5 unspecified atom stereocenters. The zero-order valence-electron chi connectivity index (χ0n) is 25.0. The predicted molar refractivity (Wildman–Crippen MR) is 155 cm³/mol. The molecule has 228 valence electrons. The second-order valence-electron chi connectivity index (χ2n) is 11.8.